The SMILES string of the molecule is C=C(C)CSc1nnc(-c2cccc(S(=O)(=O)N(C)C)c2)n1-c1cccc(C)c1. The second-order valence-electron chi connectivity index (χ2n) is 7.04. The van der Waals surface area contributed by atoms with Gasteiger partial charge in [-0.3, -0.25) is 4.57 Å². The molecule has 0 radical (unpaired) electrons. The Labute approximate surface area is 176 Å². The van der Waals surface area contributed by atoms with Crippen LogP contribution in [0.5, 0.6) is 0 Å². The van der Waals surface area contributed by atoms with Crippen LogP contribution < -0.4 is 0 Å². The summed E-state index contributed by atoms with van der Waals surface area (Å²) >= 11 is 1.55. The van der Waals surface area contributed by atoms with Gasteiger partial charge in [-0.2, -0.15) is 0 Å². The molecule has 0 bridgehead atoms. The Balaban J connectivity index is 2.17. The fourth-order valence-electron chi connectivity index (χ4n) is 2.74. The van der Waals surface area contributed by atoms with Crippen molar-refractivity contribution in [1.29, 1.82) is 0 Å². The van der Waals surface area contributed by atoms with Gasteiger partial charge in [0.2, 0.25) is 10.0 Å². The van der Waals surface area contributed by atoms with Crippen molar-refractivity contribution in [1.82, 2.24) is 19.1 Å². The number of nitrogens with zero attached hydrogens (tertiary/aromatic N) is 4. The van der Waals surface area contributed by atoms with Crippen LogP contribution >= 0.6 is 11.8 Å². The summed E-state index contributed by atoms with van der Waals surface area (Å²) in [5.41, 5.74) is 3.76. The molecule has 6 nitrogen and oxygen atoms in total. The summed E-state index contributed by atoms with van der Waals surface area (Å²) in [6, 6.07) is 14.8. The van der Waals surface area contributed by atoms with Crippen LogP contribution in [0.1, 0.15) is 12.5 Å². The van der Waals surface area contributed by atoms with Crippen molar-refractivity contribution in [2.75, 3.05) is 19.8 Å². The maximum absolute atomic E-state index is 12.6. The summed E-state index contributed by atoms with van der Waals surface area (Å²) in [6.45, 7) is 7.95. The number of hydrogen-bond acceptors (Lipinski definition) is 5. The molecule has 3 aromatic rings. The van der Waals surface area contributed by atoms with Gasteiger partial charge in [-0.15, -0.1) is 10.2 Å². The van der Waals surface area contributed by atoms with E-state index in [1.54, 1.807) is 30.0 Å². The topological polar surface area (TPSA) is 68.1 Å². The minimum Gasteiger partial charge on any atom is -0.270 e. The first-order chi connectivity index (χ1) is 13.7. The third-order valence-electron chi connectivity index (χ3n) is 4.21. The van der Waals surface area contributed by atoms with Gasteiger partial charge in [-0.1, -0.05) is 48.2 Å². The summed E-state index contributed by atoms with van der Waals surface area (Å²) in [6.07, 6.45) is 0. The monoisotopic (exact) mass is 428 g/mol. The van der Waals surface area contributed by atoms with Crippen LogP contribution in [0, 0.1) is 6.92 Å². The van der Waals surface area contributed by atoms with E-state index in [1.165, 1.54) is 18.4 Å². The van der Waals surface area contributed by atoms with E-state index in [0.29, 0.717) is 11.4 Å². The van der Waals surface area contributed by atoms with Gasteiger partial charge in [0.1, 0.15) is 0 Å². The van der Waals surface area contributed by atoms with Gasteiger partial charge in [0.25, 0.3) is 0 Å². The quantitative estimate of drug-likeness (QED) is 0.417. The molecule has 0 amide bonds. The first kappa shape index (κ1) is 21.3. The summed E-state index contributed by atoms with van der Waals surface area (Å²) in [5.74, 6) is 1.31. The lowest BCUT2D eigenvalue weighted by molar-refractivity contribution is 0.521. The van der Waals surface area contributed by atoms with E-state index in [4.69, 9.17) is 0 Å². The smallest absolute Gasteiger partial charge is 0.242 e. The van der Waals surface area contributed by atoms with Crippen LogP contribution in [-0.4, -0.2) is 47.3 Å². The Morgan fingerprint density at radius 3 is 2.52 bits per heavy atom. The minimum atomic E-state index is -3.55. The van der Waals surface area contributed by atoms with Crippen LogP contribution in [0.3, 0.4) is 0 Å². The molecule has 0 saturated carbocycles. The minimum absolute atomic E-state index is 0.218. The highest BCUT2D eigenvalue weighted by Gasteiger charge is 2.21. The van der Waals surface area contributed by atoms with Crippen LogP contribution in [-0.2, 0) is 10.0 Å². The van der Waals surface area contributed by atoms with Crippen molar-refractivity contribution in [2.45, 2.75) is 23.9 Å². The van der Waals surface area contributed by atoms with Gasteiger partial charge < -0.3 is 0 Å². The van der Waals surface area contributed by atoms with Gasteiger partial charge in [0, 0.05) is 31.1 Å². The van der Waals surface area contributed by atoms with Gasteiger partial charge in [-0.25, -0.2) is 12.7 Å². The van der Waals surface area contributed by atoms with Crippen LogP contribution in [0.4, 0.5) is 0 Å². The Bertz CT molecular complexity index is 1150. The van der Waals surface area contributed by atoms with E-state index in [2.05, 4.69) is 22.8 Å². The third kappa shape index (κ3) is 4.60. The lowest BCUT2D eigenvalue weighted by atomic mass is 10.2. The molecule has 3 rings (SSSR count). The molecule has 0 aliphatic rings. The largest absolute Gasteiger partial charge is 0.270 e. The van der Waals surface area contributed by atoms with E-state index in [9.17, 15) is 8.42 Å². The molecule has 0 unspecified atom stereocenters. The van der Waals surface area contributed by atoms with Crippen molar-refractivity contribution in [3.63, 3.8) is 0 Å². The molecule has 0 N–H and O–H groups in total. The van der Waals surface area contributed by atoms with Crippen LogP contribution in [0.2, 0.25) is 0 Å². The standard InChI is InChI=1S/C21H24N4O2S2/c1-15(2)14-28-21-23-22-20(25(21)18-10-6-8-16(3)12-18)17-9-7-11-19(13-17)29(26,27)24(4)5/h6-13H,1,14H2,2-5H3. The highest BCUT2D eigenvalue weighted by Crippen LogP contribution is 2.30. The van der Waals surface area contributed by atoms with Gasteiger partial charge in [-0.05, 0) is 43.7 Å². The number of thioether (sulfide) groups is 1. The fraction of sp³-hybridized carbons (Fsp3) is 0.238. The summed E-state index contributed by atoms with van der Waals surface area (Å²) in [5, 5.41) is 9.50. The zero-order valence-electron chi connectivity index (χ0n) is 17.0. The first-order valence-electron chi connectivity index (χ1n) is 9.03. The zero-order chi connectivity index (χ0) is 21.2. The number of sulfonamides is 1. The fourth-order valence-corrected chi connectivity index (χ4v) is 4.49. The zero-order valence-corrected chi connectivity index (χ0v) is 18.6. The molecule has 152 valence electrons. The van der Waals surface area contributed by atoms with E-state index < -0.39 is 10.0 Å². The average molecular weight is 429 g/mol. The molecular weight excluding hydrogens is 404 g/mol. The van der Waals surface area contributed by atoms with Crippen LogP contribution in [0.25, 0.3) is 17.1 Å². The average Bonchev–Trinajstić information content (AvgIpc) is 3.10. The summed E-state index contributed by atoms with van der Waals surface area (Å²) in [7, 11) is -0.512. The summed E-state index contributed by atoms with van der Waals surface area (Å²) < 4.78 is 28.3. The van der Waals surface area contributed by atoms with Crippen molar-refractivity contribution < 1.29 is 8.42 Å². The normalized spacial score (nSPS) is 11.8. The number of rotatable bonds is 7. The number of aromatic nitrogens is 3. The molecule has 8 heteroatoms. The highest BCUT2D eigenvalue weighted by molar-refractivity contribution is 7.99. The molecule has 0 spiro atoms. The predicted octanol–water partition coefficient (Wildman–Crippen LogP) is 4.16. The predicted molar refractivity (Wildman–Crippen MR) is 118 cm³/mol. The molecule has 0 fully saturated rings. The van der Waals surface area contributed by atoms with E-state index in [1.807, 2.05) is 42.7 Å². The number of benzene rings is 2. The first-order valence-corrected chi connectivity index (χ1v) is 11.5. The molecule has 0 aliphatic heterocycles. The maximum atomic E-state index is 12.6. The molecule has 1 heterocycles. The van der Waals surface area contributed by atoms with Crippen molar-refractivity contribution in [2.24, 2.45) is 0 Å². The second-order valence-corrected chi connectivity index (χ2v) is 10.1. The maximum Gasteiger partial charge on any atom is 0.242 e. The molecular formula is C21H24N4O2S2. The number of aryl methyl sites for hydroxylation is 1. The number of hydrogen-bond donors (Lipinski definition) is 0. The Morgan fingerprint density at radius 1 is 1.14 bits per heavy atom. The van der Waals surface area contributed by atoms with Gasteiger partial charge in [0.05, 0.1) is 4.90 Å². The molecule has 0 saturated heterocycles. The highest BCUT2D eigenvalue weighted by atomic mass is 32.2. The van der Waals surface area contributed by atoms with Crippen molar-refractivity contribution in [3.05, 3.63) is 66.2 Å². The Morgan fingerprint density at radius 2 is 1.86 bits per heavy atom. The molecule has 0 atom stereocenters. The summed E-state index contributed by atoms with van der Waals surface area (Å²) in [4.78, 5) is 0.218. The van der Waals surface area contributed by atoms with E-state index in [-0.39, 0.29) is 4.90 Å². The van der Waals surface area contributed by atoms with E-state index in [0.717, 1.165) is 27.7 Å². The lowest BCUT2D eigenvalue weighted by Gasteiger charge is -2.14. The molecule has 2 aromatic carbocycles. The Hall–Kier alpha value is -2.42. The van der Waals surface area contributed by atoms with Crippen molar-refractivity contribution >= 4 is 21.8 Å². The Kier molecular flexibility index (Phi) is 6.26. The molecule has 1 aromatic heterocycles. The van der Waals surface area contributed by atoms with Gasteiger partial charge >= 0.3 is 0 Å². The van der Waals surface area contributed by atoms with Gasteiger partial charge in [0.15, 0.2) is 11.0 Å². The van der Waals surface area contributed by atoms with E-state index >= 15 is 0 Å². The lowest BCUT2D eigenvalue weighted by Crippen LogP contribution is -2.22. The second kappa shape index (κ2) is 8.52. The molecule has 29 heavy (non-hydrogen) atoms. The third-order valence-corrected chi connectivity index (χ3v) is 7.18. The molecule has 0 aliphatic carbocycles. The van der Waals surface area contributed by atoms with Crippen molar-refractivity contribution in [3.8, 4) is 17.1 Å². The van der Waals surface area contributed by atoms with Crippen LogP contribution in [0.15, 0.2) is 70.7 Å².